The van der Waals surface area contributed by atoms with Gasteiger partial charge in [-0.2, -0.15) is 0 Å². The number of anilines is 1. The zero-order chi connectivity index (χ0) is 15.4. The second-order valence-corrected chi connectivity index (χ2v) is 6.21. The average Bonchev–Trinajstić information content (AvgIpc) is 3.24. The number of nitrogens with one attached hydrogen (secondary N) is 2. The molecule has 2 aliphatic heterocycles. The number of nitrogens with zero attached hydrogens (tertiary/aromatic N) is 1. The van der Waals surface area contributed by atoms with E-state index in [0.29, 0.717) is 5.92 Å². The zero-order valence-electron chi connectivity index (χ0n) is 13.2. The summed E-state index contributed by atoms with van der Waals surface area (Å²) in [4.78, 5) is 14.4. The molecule has 3 rings (SSSR count). The smallest absolute Gasteiger partial charge is 0.224 e. The van der Waals surface area contributed by atoms with Crippen molar-refractivity contribution in [3.05, 3.63) is 24.3 Å². The molecule has 0 spiro atoms. The highest BCUT2D eigenvalue weighted by molar-refractivity contribution is 5.79. The van der Waals surface area contributed by atoms with E-state index in [1.54, 1.807) is 7.11 Å². The van der Waals surface area contributed by atoms with Crippen LogP contribution in [0.2, 0.25) is 0 Å². The van der Waals surface area contributed by atoms with E-state index in [-0.39, 0.29) is 11.8 Å². The van der Waals surface area contributed by atoms with Crippen molar-refractivity contribution in [2.75, 3.05) is 44.7 Å². The fraction of sp³-hybridized carbons (Fsp3) is 0.588. The second kappa shape index (κ2) is 7.01. The summed E-state index contributed by atoms with van der Waals surface area (Å²) < 4.78 is 5.44. The number of carbonyl (C=O) groups excluding carboxylic acids is 1. The van der Waals surface area contributed by atoms with Crippen molar-refractivity contribution in [3.8, 4) is 5.75 Å². The number of rotatable bonds is 5. The molecule has 2 N–H and O–H groups in total. The molecule has 0 aromatic heterocycles. The van der Waals surface area contributed by atoms with Crippen molar-refractivity contribution >= 4 is 11.6 Å². The summed E-state index contributed by atoms with van der Waals surface area (Å²) in [6.07, 6.45) is 2.07. The lowest BCUT2D eigenvalue weighted by Gasteiger charge is -2.21. The Morgan fingerprint density at radius 3 is 3.05 bits per heavy atom. The Kier molecular flexibility index (Phi) is 4.83. The first-order valence-electron chi connectivity index (χ1n) is 8.14. The quantitative estimate of drug-likeness (QED) is 0.859. The third kappa shape index (κ3) is 3.35. The van der Waals surface area contributed by atoms with Crippen molar-refractivity contribution in [2.24, 2.45) is 11.8 Å². The van der Waals surface area contributed by atoms with Gasteiger partial charge < -0.3 is 20.3 Å². The van der Waals surface area contributed by atoms with Gasteiger partial charge in [0.2, 0.25) is 5.91 Å². The molecule has 2 unspecified atom stereocenters. The maximum absolute atomic E-state index is 12.1. The summed E-state index contributed by atoms with van der Waals surface area (Å²) in [6, 6.07) is 8.13. The van der Waals surface area contributed by atoms with E-state index < -0.39 is 0 Å². The average molecular weight is 303 g/mol. The molecule has 2 atom stereocenters. The van der Waals surface area contributed by atoms with Gasteiger partial charge in [-0.25, -0.2) is 0 Å². The minimum atomic E-state index is 0.159. The molecule has 5 heteroatoms. The van der Waals surface area contributed by atoms with Crippen molar-refractivity contribution in [1.29, 1.82) is 0 Å². The Bertz CT molecular complexity index is 514. The molecule has 22 heavy (non-hydrogen) atoms. The van der Waals surface area contributed by atoms with Crippen LogP contribution in [0.15, 0.2) is 24.3 Å². The fourth-order valence-electron chi connectivity index (χ4n) is 3.38. The van der Waals surface area contributed by atoms with Crippen molar-refractivity contribution in [3.63, 3.8) is 0 Å². The standard InChI is InChI=1S/C17H25N3O2/c1-22-16-5-3-2-4-15(16)20-9-7-13(12-20)10-19-17(21)14-6-8-18-11-14/h2-5,13-14,18H,6-12H2,1H3,(H,19,21). The lowest BCUT2D eigenvalue weighted by atomic mass is 10.1. The minimum Gasteiger partial charge on any atom is -0.495 e. The van der Waals surface area contributed by atoms with E-state index in [1.807, 2.05) is 18.2 Å². The second-order valence-electron chi connectivity index (χ2n) is 6.21. The number of methoxy groups -OCH3 is 1. The van der Waals surface area contributed by atoms with Crippen LogP contribution in [0.4, 0.5) is 5.69 Å². The summed E-state index contributed by atoms with van der Waals surface area (Å²) in [5, 5.41) is 6.37. The first-order chi connectivity index (χ1) is 10.8. The number of hydrogen-bond acceptors (Lipinski definition) is 4. The van der Waals surface area contributed by atoms with Crippen LogP contribution in [0.25, 0.3) is 0 Å². The van der Waals surface area contributed by atoms with Gasteiger partial charge in [-0.15, -0.1) is 0 Å². The van der Waals surface area contributed by atoms with Gasteiger partial charge in [0, 0.05) is 26.2 Å². The fourth-order valence-corrected chi connectivity index (χ4v) is 3.38. The Hall–Kier alpha value is -1.75. The molecule has 2 saturated heterocycles. The first kappa shape index (κ1) is 15.2. The van der Waals surface area contributed by atoms with Crippen LogP contribution in [-0.4, -0.2) is 45.7 Å². The van der Waals surface area contributed by atoms with Crippen molar-refractivity contribution < 1.29 is 9.53 Å². The highest BCUT2D eigenvalue weighted by Crippen LogP contribution is 2.31. The molecule has 1 aromatic carbocycles. The van der Waals surface area contributed by atoms with E-state index in [2.05, 4.69) is 21.6 Å². The van der Waals surface area contributed by atoms with E-state index in [4.69, 9.17) is 4.74 Å². The van der Waals surface area contributed by atoms with Gasteiger partial charge in [0.05, 0.1) is 18.7 Å². The molecule has 5 nitrogen and oxygen atoms in total. The lowest BCUT2D eigenvalue weighted by Crippen LogP contribution is -2.36. The highest BCUT2D eigenvalue weighted by atomic mass is 16.5. The van der Waals surface area contributed by atoms with Crippen molar-refractivity contribution in [1.82, 2.24) is 10.6 Å². The van der Waals surface area contributed by atoms with E-state index >= 15 is 0 Å². The third-order valence-corrected chi connectivity index (χ3v) is 4.71. The van der Waals surface area contributed by atoms with E-state index in [1.165, 1.54) is 0 Å². The van der Waals surface area contributed by atoms with E-state index in [9.17, 15) is 4.79 Å². The molecular weight excluding hydrogens is 278 g/mol. The molecule has 0 radical (unpaired) electrons. The summed E-state index contributed by atoms with van der Waals surface area (Å²) in [6.45, 7) is 4.56. The first-order valence-corrected chi connectivity index (χ1v) is 8.14. The van der Waals surface area contributed by atoms with Crippen LogP contribution >= 0.6 is 0 Å². The molecule has 120 valence electrons. The summed E-state index contributed by atoms with van der Waals surface area (Å²) in [5.74, 6) is 1.81. The summed E-state index contributed by atoms with van der Waals surface area (Å²) in [7, 11) is 1.71. The molecule has 2 aliphatic rings. The maximum Gasteiger partial charge on any atom is 0.224 e. The number of benzene rings is 1. The Morgan fingerprint density at radius 2 is 2.27 bits per heavy atom. The predicted molar refractivity (Wildman–Crippen MR) is 87.3 cm³/mol. The van der Waals surface area contributed by atoms with E-state index in [0.717, 1.165) is 57.0 Å². The third-order valence-electron chi connectivity index (χ3n) is 4.71. The lowest BCUT2D eigenvalue weighted by molar-refractivity contribution is -0.124. The van der Waals surface area contributed by atoms with Crippen molar-refractivity contribution in [2.45, 2.75) is 12.8 Å². The van der Waals surface area contributed by atoms with Crippen LogP contribution in [0.1, 0.15) is 12.8 Å². The monoisotopic (exact) mass is 303 g/mol. The molecule has 2 heterocycles. The van der Waals surface area contributed by atoms with Crippen LogP contribution < -0.4 is 20.3 Å². The number of carbonyl (C=O) groups is 1. The number of hydrogen-bond donors (Lipinski definition) is 2. The SMILES string of the molecule is COc1ccccc1N1CCC(CNC(=O)C2CCNC2)C1. The molecule has 0 bridgehead atoms. The zero-order valence-corrected chi connectivity index (χ0v) is 13.2. The van der Waals surface area contributed by atoms with Crippen LogP contribution in [0.5, 0.6) is 5.75 Å². The molecule has 2 fully saturated rings. The van der Waals surface area contributed by atoms with Gasteiger partial charge >= 0.3 is 0 Å². The van der Waals surface area contributed by atoms with Crippen LogP contribution in [0, 0.1) is 11.8 Å². The highest BCUT2D eigenvalue weighted by Gasteiger charge is 2.27. The maximum atomic E-state index is 12.1. The predicted octanol–water partition coefficient (Wildman–Crippen LogP) is 1.25. The molecule has 0 saturated carbocycles. The van der Waals surface area contributed by atoms with Gasteiger partial charge in [-0.3, -0.25) is 4.79 Å². The normalized spacial score (nSPS) is 24.5. The Labute approximate surface area is 132 Å². The number of para-hydroxylation sites is 2. The molecular formula is C17H25N3O2. The Balaban J connectivity index is 1.50. The van der Waals surface area contributed by atoms with Gasteiger partial charge in [0.1, 0.15) is 5.75 Å². The van der Waals surface area contributed by atoms with Crippen LogP contribution in [0.3, 0.4) is 0 Å². The summed E-state index contributed by atoms with van der Waals surface area (Å²) >= 11 is 0. The van der Waals surface area contributed by atoms with Gasteiger partial charge in [-0.1, -0.05) is 12.1 Å². The molecule has 1 aromatic rings. The van der Waals surface area contributed by atoms with Gasteiger partial charge in [-0.05, 0) is 37.4 Å². The number of ether oxygens (including phenoxy) is 1. The number of amides is 1. The van der Waals surface area contributed by atoms with Crippen LogP contribution in [-0.2, 0) is 4.79 Å². The largest absolute Gasteiger partial charge is 0.495 e. The van der Waals surface area contributed by atoms with Gasteiger partial charge in [0.25, 0.3) is 0 Å². The molecule has 1 amide bonds. The topological polar surface area (TPSA) is 53.6 Å². The molecule has 0 aliphatic carbocycles. The van der Waals surface area contributed by atoms with Gasteiger partial charge in [0.15, 0.2) is 0 Å². The summed E-state index contributed by atoms with van der Waals surface area (Å²) in [5.41, 5.74) is 1.15. The Morgan fingerprint density at radius 1 is 1.41 bits per heavy atom. The minimum absolute atomic E-state index is 0.159.